The molecular formula is C18H16N2O4S. The molecule has 0 unspecified atom stereocenters. The third-order valence-electron chi connectivity index (χ3n) is 3.75. The van der Waals surface area contributed by atoms with Gasteiger partial charge in [-0.15, -0.1) is 0 Å². The monoisotopic (exact) mass is 356 g/mol. The van der Waals surface area contributed by atoms with Gasteiger partial charge in [-0.05, 0) is 19.1 Å². The van der Waals surface area contributed by atoms with Crippen LogP contribution in [0.2, 0.25) is 0 Å². The van der Waals surface area contributed by atoms with E-state index in [1.54, 1.807) is 0 Å². The summed E-state index contributed by atoms with van der Waals surface area (Å²) >= 11 is 1.40. The van der Waals surface area contributed by atoms with Gasteiger partial charge < -0.3 is 19.5 Å². The van der Waals surface area contributed by atoms with Crippen molar-refractivity contribution in [1.29, 1.82) is 0 Å². The molecular weight excluding hydrogens is 340 g/mol. The first kappa shape index (κ1) is 15.7. The molecule has 0 aliphatic carbocycles. The quantitative estimate of drug-likeness (QED) is 0.754. The van der Waals surface area contributed by atoms with Gasteiger partial charge in [-0.3, -0.25) is 4.79 Å². The van der Waals surface area contributed by atoms with Gasteiger partial charge in [-0.1, -0.05) is 29.0 Å². The van der Waals surface area contributed by atoms with Crippen LogP contribution in [-0.2, 0) is 4.79 Å². The molecule has 1 aliphatic rings. The van der Waals surface area contributed by atoms with Gasteiger partial charge in [0.1, 0.15) is 5.75 Å². The molecule has 3 aromatic rings. The zero-order valence-electron chi connectivity index (χ0n) is 13.6. The standard InChI is InChI=1S/C18H16N2O4S/c1-11-2-4-12(5-3-11)22-7-6-17(21)20-18-19-13-8-14-15(24-10-23-14)9-16(13)25-18/h2-5,8-9H,6-7,10H2,1H3,(H,19,20,21). The summed E-state index contributed by atoms with van der Waals surface area (Å²) in [7, 11) is 0. The SMILES string of the molecule is Cc1ccc(OCCC(=O)Nc2nc3cc4c(cc3s2)OCO4)cc1. The first-order chi connectivity index (χ1) is 12.2. The lowest BCUT2D eigenvalue weighted by Crippen LogP contribution is -2.15. The van der Waals surface area contributed by atoms with Gasteiger partial charge in [0.2, 0.25) is 12.7 Å². The van der Waals surface area contributed by atoms with Gasteiger partial charge in [-0.25, -0.2) is 4.98 Å². The summed E-state index contributed by atoms with van der Waals surface area (Å²) in [6, 6.07) is 11.4. The summed E-state index contributed by atoms with van der Waals surface area (Å²) in [5.74, 6) is 2.02. The van der Waals surface area contributed by atoms with E-state index in [0.717, 1.165) is 16.0 Å². The predicted octanol–water partition coefficient (Wildman–Crippen LogP) is 3.74. The van der Waals surface area contributed by atoms with E-state index >= 15 is 0 Å². The summed E-state index contributed by atoms with van der Waals surface area (Å²) in [4.78, 5) is 16.5. The number of hydrogen-bond donors (Lipinski definition) is 1. The second-order valence-electron chi connectivity index (χ2n) is 5.65. The second-order valence-corrected chi connectivity index (χ2v) is 6.68. The Labute approximate surface area is 148 Å². The number of thiazole rings is 1. The summed E-state index contributed by atoms with van der Waals surface area (Å²) in [6.07, 6.45) is 0.256. The number of benzene rings is 2. The maximum atomic E-state index is 12.1. The first-order valence-corrected chi connectivity index (χ1v) is 8.68. The van der Waals surface area contributed by atoms with Crippen molar-refractivity contribution >= 4 is 32.6 Å². The Kier molecular flexibility index (Phi) is 4.15. The first-order valence-electron chi connectivity index (χ1n) is 7.87. The Morgan fingerprint density at radius 2 is 2.00 bits per heavy atom. The third kappa shape index (κ3) is 3.51. The molecule has 0 spiro atoms. The average Bonchev–Trinajstić information content (AvgIpc) is 3.19. The van der Waals surface area contributed by atoms with Crippen molar-refractivity contribution in [2.45, 2.75) is 13.3 Å². The molecule has 2 heterocycles. The number of carbonyl (C=O) groups is 1. The molecule has 0 bridgehead atoms. The Bertz CT molecular complexity index is 880. The van der Waals surface area contributed by atoms with Crippen LogP contribution >= 0.6 is 11.3 Å². The minimum atomic E-state index is -0.133. The van der Waals surface area contributed by atoms with Crippen molar-refractivity contribution < 1.29 is 19.0 Å². The van der Waals surface area contributed by atoms with Crippen LogP contribution in [-0.4, -0.2) is 24.3 Å². The third-order valence-corrected chi connectivity index (χ3v) is 4.68. The number of aromatic nitrogens is 1. The maximum absolute atomic E-state index is 12.1. The Balaban J connectivity index is 1.34. The van der Waals surface area contributed by atoms with E-state index in [1.807, 2.05) is 43.3 Å². The van der Waals surface area contributed by atoms with Gasteiger partial charge in [-0.2, -0.15) is 0 Å². The molecule has 1 N–H and O–H groups in total. The highest BCUT2D eigenvalue weighted by atomic mass is 32.1. The maximum Gasteiger partial charge on any atom is 0.231 e. The number of anilines is 1. The number of nitrogens with one attached hydrogen (secondary N) is 1. The zero-order chi connectivity index (χ0) is 17.2. The molecule has 0 radical (unpaired) electrons. The fourth-order valence-corrected chi connectivity index (χ4v) is 3.34. The van der Waals surface area contributed by atoms with E-state index in [2.05, 4.69) is 10.3 Å². The molecule has 128 valence electrons. The molecule has 2 aromatic carbocycles. The normalized spacial score (nSPS) is 12.4. The van der Waals surface area contributed by atoms with Gasteiger partial charge in [0.15, 0.2) is 16.6 Å². The van der Waals surface area contributed by atoms with Crippen molar-refractivity contribution in [1.82, 2.24) is 4.98 Å². The molecule has 0 atom stereocenters. The van der Waals surface area contributed by atoms with E-state index < -0.39 is 0 Å². The van der Waals surface area contributed by atoms with Crippen LogP contribution in [0.3, 0.4) is 0 Å². The van der Waals surface area contributed by atoms with E-state index in [-0.39, 0.29) is 19.1 Å². The molecule has 7 heteroatoms. The van der Waals surface area contributed by atoms with Crippen LogP contribution in [0.4, 0.5) is 5.13 Å². The lowest BCUT2D eigenvalue weighted by atomic mass is 10.2. The lowest BCUT2D eigenvalue weighted by molar-refractivity contribution is -0.116. The molecule has 1 amide bonds. The van der Waals surface area contributed by atoms with Crippen LogP contribution in [0.5, 0.6) is 17.2 Å². The second kappa shape index (κ2) is 6.60. The van der Waals surface area contributed by atoms with Crippen LogP contribution in [0.25, 0.3) is 10.2 Å². The van der Waals surface area contributed by atoms with Crippen molar-refractivity contribution in [3.63, 3.8) is 0 Å². The van der Waals surface area contributed by atoms with Crippen molar-refractivity contribution in [3.05, 3.63) is 42.0 Å². The van der Waals surface area contributed by atoms with Gasteiger partial charge in [0.05, 0.1) is 23.2 Å². The minimum absolute atomic E-state index is 0.133. The van der Waals surface area contributed by atoms with Crippen LogP contribution < -0.4 is 19.5 Å². The molecule has 4 rings (SSSR count). The smallest absolute Gasteiger partial charge is 0.231 e. The van der Waals surface area contributed by atoms with E-state index in [9.17, 15) is 4.79 Å². The van der Waals surface area contributed by atoms with Gasteiger partial charge in [0.25, 0.3) is 0 Å². The highest BCUT2D eigenvalue weighted by Crippen LogP contribution is 2.38. The van der Waals surface area contributed by atoms with Crippen LogP contribution in [0, 0.1) is 6.92 Å². The predicted molar refractivity (Wildman–Crippen MR) is 95.7 cm³/mol. The van der Waals surface area contributed by atoms with Crippen molar-refractivity contribution in [2.24, 2.45) is 0 Å². The summed E-state index contributed by atoms with van der Waals surface area (Å²) in [5, 5.41) is 3.36. The summed E-state index contributed by atoms with van der Waals surface area (Å²) in [6.45, 7) is 2.56. The largest absolute Gasteiger partial charge is 0.493 e. The Morgan fingerprint density at radius 3 is 2.80 bits per heavy atom. The summed E-state index contributed by atoms with van der Waals surface area (Å²) < 4.78 is 17.2. The minimum Gasteiger partial charge on any atom is -0.493 e. The number of aryl methyl sites for hydroxylation is 1. The van der Waals surface area contributed by atoms with Crippen LogP contribution in [0.15, 0.2) is 36.4 Å². The molecule has 0 saturated heterocycles. The average molecular weight is 356 g/mol. The molecule has 1 aliphatic heterocycles. The number of rotatable bonds is 5. The molecule has 6 nitrogen and oxygen atoms in total. The fraction of sp³-hybridized carbons (Fsp3) is 0.222. The number of carbonyl (C=O) groups excluding carboxylic acids is 1. The zero-order valence-corrected chi connectivity index (χ0v) is 14.4. The van der Waals surface area contributed by atoms with Crippen molar-refractivity contribution in [2.75, 3.05) is 18.7 Å². The highest BCUT2D eigenvalue weighted by molar-refractivity contribution is 7.22. The number of nitrogens with zero attached hydrogens (tertiary/aromatic N) is 1. The highest BCUT2D eigenvalue weighted by Gasteiger charge is 2.17. The molecule has 1 aromatic heterocycles. The number of hydrogen-bond acceptors (Lipinski definition) is 6. The Hall–Kier alpha value is -2.80. The number of fused-ring (bicyclic) bond motifs is 2. The fourth-order valence-electron chi connectivity index (χ4n) is 2.45. The van der Waals surface area contributed by atoms with E-state index in [4.69, 9.17) is 14.2 Å². The molecule has 25 heavy (non-hydrogen) atoms. The summed E-state index contributed by atoms with van der Waals surface area (Å²) in [5.41, 5.74) is 1.95. The molecule has 0 saturated carbocycles. The Morgan fingerprint density at radius 1 is 1.24 bits per heavy atom. The topological polar surface area (TPSA) is 69.7 Å². The number of ether oxygens (including phenoxy) is 3. The van der Waals surface area contributed by atoms with E-state index in [1.165, 1.54) is 16.9 Å². The molecule has 0 fully saturated rings. The number of amides is 1. The van der Waals surface area contributed by atoms with Crippen molar-refractivity contribution in [3.8, 4) is 17.2 Å². The van der Waals surface area contributed by atoms with Crippen LogP contribution in [0.1, 0.15) is 12.0 Å². The van der Waals surface area contributed by atoms with E-state index in [0.29, 0.717) is 23.2 Å². The van der Waals surface area contributed by atoms with Gasteiger partial charge in [0, 0.05) is 12.1 Å². The lowest BCUT2D eigenvalue weighted by Gasteiger charge is -2.06. The van der Waals surface area contributed by atoms with Gasteiger partial charge >= 0.3 is 0 Å².